The molecule has 0 bridgehead atoms. The Hall–Kier alpha value is -0.375. The fourth-order valence-electron chi connectivity index (χ4n) is 1.61. The minimum atomic E-state index is -1.64. The first-order chi connectivity index (χ1) is 6.50. The Bertz CT molecular complexity index is 335. The van der Waals surface area contributed by atoms with Gasteiger partial charge in [-0.15, -0.1) is 0 Å². The zero-order valence-corrected chi connectivity index (χ0v) is 14.7. The van der Waals surface area contributed by atoms with Crippen molar-refractivity contribution >= 4 is 9.04 Å². The Morgan fingerprint density at radius 2 is 1.71 bits per heavy atom. The standard InChI is InChI=1S/C9H11.C2H4O2.Hg/c1-7-4-8(2)6-9(3)5-7;1-2(3)4;/h4-5H,1-3H3;1H3,(H,3,4);/q;;+1/p-1. The van der Waals surface area contributed by atoms with Crippen LogP contribution < -0.4 is 3.07 Å². The van der Waals surface area contributed by atoms with Gasteiger partial charge < -0.3 is 0 Å². The average molecular weight is 379 g/mol. The maximum atomic E-state index is 10.7. The molecule has 72 valence electrons. The topological polar surface area (TPSA) is 26.3 Å². The molecule has 0 saturated carbocycles. The molecule has 2 nitrogen and oxygen atoms in total. The van der Waals surface area contributed by atoms with Gasteiger partial charge in [-0.1, -0.05) is 0 Å². The first kappa shape index (κ1) is 11.7. The Morgan fingerprint density at radius 3 is 2.14 bits per heavy atom. The molecule has 1 rings (SSSR count). The van der Waals surface area contributed by atoms with Crippen LogP contribution in [0.15, 0.2) is 12.1 Å². The molecule has 0 aliphatic heterocycles. The summed E-state index contributed by atoms with van der Waals surface area (Å²) in [6.07, 6.45) is 0. The molecule has 0 aliphatic carbocycles. The van der Waals surface area contributed by atoms with Crippen LogP contribution in [0.5, 0.6) is 0 Å². The molecule has 0 fully saturated rings. The number of aryl methyl sites for hydroxylation is 3. The molecule has 14 heavy (non-hydrogen) atoms. The third kappa shape index (κ3) is 3.09. The summed E-state index contributed by atoms with van der Waals surface area (Å²) in [6, 6.07) is 4.32. The van der Waals surface area contributed by atoms with Crippen molar-refractivity contribution in [3.05, 3.63) is 28.8 Å². The Balaban J connectivity index is 2.91. The second-order valence-electron chi connectivity index (χ2n) is 3.66. The molecule has 0 radical (unpaired) electrons. The molecular formula is C11H14HgO2. The van der Waals surface area contributed by atoms with Crippen molar-refractivity contribution in [2.24, 2.45) is 0 Å². The summed E-state index contributed by atoms with van der Waals surface area (Å²) in [5.74, 6) is -0.133. The number of carbonyl (C=O) groups is 1. The van der Waals surface area contributed by atoms with Gasteiger partial charge in [0.25, 0.3) is 0 Å². The number of rotatable bonds is 2. The van der Waals surface area contributed by atoms with E-state index in [0.29, 0.717) is 0 Å². The Morgan fingerprint density at radius 1 is 1.21 bits per heavy atom. The number of carbonyl (C=O) groups excluding carboxylic acids is 1. The van der Waals surface area contributed by atoms with Gasteiger partial charge in [0.15, 0.2) is 0 Å². The van der Waals surface area contributed by atoms with Gasteiger partial charge in [0, 0.05) is 0 Å². The quantitative estimate of drug-likeness (QED) is 0.734. The minimum absolute atomic E-state index is 0.133. The van der Waals surface area contributed by atoms with E-state index in [9.17, 15) is 4.79 Å². The van der Waals surface area contributed by atoms with E-state index >= 15 is 0 Å². The number of hydrogen-bond acceptors (Lipinski definition) is 2. The summed E-state index contributed by atoms with van der Waals surface area (Å²) >= 11 is -1.64. The zero-order valence-electron chi connectivity index (χ0n) is 9.18. The van der Waals surface area contributed by atoms with Crippen LogP contribution in [-0.4, -0.2) is 5.97 Å². The molecular weight excluding hydrogens is 365 g/mol. The summed E-state index contributed by atoms with van der Waals surface area (Å²) in [5.41, 5.74) is 3.84. The fourth-order valence-corrected chi connectivity index (χ4v) is 5.53. The molecule has 0 heterocycles. The average Bonchev–Trinajstić information content (AvgIpc) is 2.01. The third-order valence-corrected chi connectivity index (χ3v) is 9.86. The number of hydrogen-bond donors (Lipinski definition) is 0. The third-order valence-electron chi connectivity index (χ3n) is 2.26. The van der Waals surface area contributed by atoms with Gasteiger partial charge in [-0.2, -0.15) is 0 Å². The van der Waals surface area contributed by atoms with Gasteiger partial charge in [-0.25, -0.2) is 0 Å². The van der Waals surface area contributed by atoms with Crippen LogP contribution in [0, 0.1) is 20.8 Å². The van der Waals surface area contributed by atoms with E-state index in [4.69, 9.17) is 2.64 Å². The molecule has 0 atom stereocenters. The zero-order chi connectivity index (χ0) is 10.7. The summed E-state index contributed by atoms with van der Waals surface area (Å²) in [4.78, 5) is 10.7. The molecule has 0 spiro atoms. The molecule has 0 unspecified atom stereocenters. The molecule has 0 saturated heterocycles. The second kappa shape index (κ2) is 4.92. The van der Waals surface area contributed by atoms with Crippen molar-refractivity contribution in [1.82, 2.24) is 0 Å². The first-order valence-corrected chi connectivity index (χ1v) is 9.70. The predicted molar refractivity (Wildman–Crippen MR) is 52.1 cm³/mol. The fraction of sp³-hybridized carbons (Fsp3) is 0.364. The molecule has 3 heteroatoms. The Kier molecular flexibility index (Phi) is 4.11. The Labute approximate surface area is 97.8 Å². The van der Waals surface area contributed by atoms with Crippen molar-refractivity contribution in [3.8, 4) is 0 Å². The van der Waals surface area contributed by atoms with E-state index in [1.54, 1.807) is 0 Å². The number of benzene rings is 1. The predicted octanol–water partition coefficient (Wildman–Crippen LogP) is 1.80. The summed E-state index contributed by atoms with van der Waals surface area (Å²) in [6.45, 7) is 7.77. The van der Waals surface area contributed by atoms with Crippen molar-refractivity contribution in [3.63, 3.8) is 0 Å². The van der Waals surface area contributed by atoms with E-state index in [1.165, 1.54) is 26.7 Å². The van der Waals surface area contributed by atoms with Crippen LogP contribution in [0.3, 0.4) is 0 Å². The van der Waals surface area contributed by atoms with Gasteiger partial charge in [-0.05, 0) is 0 Å². The van der Waals surface area contributed by atoms with E-state index in [1.807, 2.05) is 0 Å². The second-order valence-corrected chi connectivity index (χ2v) is 8.65. The summed E-state index contributed by atoms with van der Waals surface area (Å²) < 4.78 is 6.55. The van der Waals surface area contributed by atoms with Crippen molar-refractivity contribution in [1.29, 1.82) is 0 Å². The van der Waals surface area contributed by atoms with Gasteiger partial charge in [-0.3, -0.25) is 0 Å². The molecule has 0 amide bonds. The van der Waals surface area contributed by atoms with E-state index < -0.39 is 25.0 Å². The van der Waals surface area contributed by atoms with Crippen molar-refractivity contribution in [2.75, 3.05) is 0 Å². The van der Waals surface area contributed by atoms with Crippen LogP contribution in [0.25, 0.3) is 0 Å². The first-order valence-electron chi connectivity index (χ1n) is 4.71. The van der Waals surface area contributed by atoms with Gasteiger partial charge in [0.2, 0.25) is 0 Å². The van der Waals surface area contributed by atoms with Crippen molar-refractivity contribution in [2.45, 2.75) is 27.7 Å². The van der Waals surface area contributed by atoms with Crippen LogP contribution in [0.1, 0.15) is 23.6 Å². The molecule has 0 aromatic heterocycles. The van der Waals surface area contributed by atoms with Gasteiger partial charge in [0.1, 0.15) is 0 Å². The molecule has 1 aromatic carbocycles. The monoisotopic (exact) mass is 380 g/mol. The SMILES string of the molecule is CC(=O)[O][Hg][c]1c(C)cc(C)cc1C. The van der Waals surface area contributed by atoms with Crippen molar-refractivity contribution < 1.29 is 32.5 Å². The van der Waals surface area contributed by atoms with Crippen LogP contribution in [0.2, 0.25) is 0 Å². The van der Waals surface area contributed by atoms with Crippen LogP contribution >= 0.6 is 0 Å². The van der Waals surface area contributed by atoms with E-state index in [-0.39, 0.29) is 5.97 Å². The van der Waals surface area contributed by atoms with Gasteiger partial charge >= 0.3 is 98.0 Å². The van der Waals surface area contributed by atoms with Crippen LogP contribution in [-0.2, 0) is 32.5 Å². The summed E-state index contributed by atoms with van der Waals surface area (Å²) in [5, 5.41) is 0. The molecule has 1 aromatic rings. The normalized spacial score (nSPS) is 9.43. The molecule has 0 aliphatic rings. The van der Waals surface area contributed by atoms with Crippen LogP contribution in [0.4, 0.5) is 0 Å². The van der Waals surface area contributed by atoms with E-state index in [2.05, 4.69) is 32.9 Å². The van der Waals surface area contributed by atoms with E-state index in [0.717, 1.165) is 0 Å². The van der Waals surface area contributed by atoms with Gasteiger partial charge in [0.05, 0.1) is 0 Å². The summed E-state index contributed by atoms with van der Waals surface area (Å²) in [7, 11) is 0. The maximum absolute atomic E-state index is 10.7. The molecule has 0 N–H and O–H groups in total.